The minimum absolute atomic E-state index is 0.0923. The summed E-state index contributed by atoms with van der Waals surface area (Å²) in [5.41, 5.74) is 1.25. The fourth-order valence-electron chi connectivity index (χ4n) is 2.31. The van der Waals surface area contributed by atoms with Crippen LogP contribution in [0.25, 0.3) is 0 Å². The van der Waals surface area contributed by atoms with Gasteiger partial charge in [0.25, 0.3) is 5.91 Å². The molecule has 0 aliphatic heterocycles. The molecule has 28 heavy (non-hydrogen) atoms. The van der Waals surface area contributed by atoms with Crippen molar-refractivity contribution < 1.29 is 28.6 Å². The summed E-state index contributed by atoms with van der Waals surface area (Å²) >= 11 is 0. The minimum atomic E-state index is -0.657. The number of methoxy groups -OCH3 is 2. The van der Waals surface area contributed by atoms with Crippen molar-refractivity contribution in [1.29, 1.82) is 5.26 Å². The lowest BCUT2D eigenvalue weighted by molar-refractivity contribution is -0.118. The highest BCUT2D eigenvalue weighted by Gasteiger charge is 2.15. The zero-order valence-electron chi connectivity index (χ0n) is 15.4. The van der Waals surface area contributed by atoms with Gasteiger partial charge >= 0.3 is 11.9 Å². The molecule has 0 bridgehead atoms. The summed E-state index contributed by atoms with van der Waals surface area (Å²) in [5, 5.41) is 11.2. The third kappa shape index (κ3) is 5.57. The van der Waals surface area contributed by atoms with Crippen LogP contribution >= 0.6 is 0 Å². The summed E-state index contributed by atoms with van der Waals surface area (Å²) in [6.45, 7) is -0.284. The molecule has 0 radical (unpaired) electrons. The van der Waals surface area contributed by atoms with Crippen LogP contribution in [0, 0.1) is 11.3 Å². The van der Waals surface area contributed by atoms with Crippen molar-refractivity contribution in [3.05, 3.63) is 59.2 Å². The number of carbonyl (C=O) groups excluding carboxylic acids is 3. The van der Waals surface area contributed by atoms with Gasteiger partial charge in [-0.2, -0.15) is 5.26 Å². The fraction of sp³-hybridized carbons (Fsp3) is 0.200. The number of esters is 2. The highest BCUT2D eigenvalue weighted by Crippen LogP contribution is 2.17. The van der Waals surface area contributed by atoms with Gasteiger partial charge in [0.05, 0.1) is 37.8 Å². The summed E-state index contributed by atoms with van der Waals surface area (Å²) in [6, 6.07) is 12.9. The van der Waals surface area contributed by atoms with E-state index in [2.05, 4.69) is 14.8 Å². The van der Waals surface area contributed by atoms with Crippen LogP contribution in [0.2, 0.25) is 0 Å². The molecule has 0 saturated heterocycles. The van der Waals surface area contributed by atoms with E-state index in [4.69, 9.17) is 10.00 Å². The van der Waals surface area contributed by atoms with Gasteiger partial charge in [-0.15, -0.1) is 0 Å². The zero-order valence-corrected chi connectivity index (χ0v) is 15.4. The zero-order chi connectivity index (χ0) is 20.5. The topological polar surface area (TPSA) is 115 Å². The number of nitrogens with zero attached hydrogens (tertiary/aromatic N) is 1. The Morgan fingerprint density at radius 2 is 1.54 bits per heavy atom. The summed E-state index contributed by atoms with van der Waals surface area (Å²) in [6.07, 6.45) is 0.291. The molecule has 2 aromatic rings. The smallest absolute Gasteiger partial charge is 0.337 e. The van der Waals surface area contributed by atoms with E-state index in [0.29, 0.717) is 12.2 Å². The second-order valence-electron chi connectivity index (χ2n) is 5.60. The first-order valence-corrected chi connectivity index (χ1v) is 8.17. The van der Waals surface area contributed by atoms with Crippen molar-refractivity contribution in [2.24, 2.45) is 0 Å². The van der Waals surface area contributed by atoms with Gasteiger partial charge in [-0.1, -0.05) is 12.1 Å². The molecule has 0 heterocycles. The van der Waals surface area contributed by atoms with Crippen molar-refractivity contribution in [2.45, 2.75) is 6.42 Å². The number of amides is 1. The van der Waals surface area contributed by atoms with E-state index in [9.17, 15) is 14.4 Å². The molecule has 2 rings (SSSR count). The number of carbonyl (C=O) groups is 3. The lowest BCUT2D eigenvalue weighted by Gasteiger charge is -2.10. The van der Waals surface area contributed by atoms with Crippen LogP contribution in [0.1, 0.15) is 26.3 Å². The van der Waals surface area contributed by atoms with Gasteiger partial charge in [0.1, 0.15) is 5.75 Å². The van der Waals surface area contributed by atoms with E-state index in [1.54, 1.807) is 24.3 Å². The molecule has 144 valence electrons. The Morgan fingerprint density at radius 3 is 2.04 bits per heavy atom. The van der Waals surface area contributed by atoms with Gasteiger partial charge in [0, 0.05) is 5.69 Å². The maximum atomic E-state index is 12.1. The molecule has 1 N–H and O–H groups in total. The number of hydrogen-bond acceptors (Lipinski definition) is 7. The number of ether oxygens (including phenoxy) is 3. The number of nitriles is 1. The molecule has 0 spiro atoms. The fourth-order valence-corrected chi connectivity index (χ4v) is 2.31. The lowest BCUT2D eigenvalue weighted by Crippen LogP contribution is -2.21. The number of benzene rings is 2. The van der Waals surface area contributed by atoms with Crippen molar-refractivity contribution >= 4 is 23.5 Å². The first-order valence-electron chi connectivity index (χ1n) is 8.17. The minimum Gasteiger partial charge on any atom is -0.484 e. The van der Waals surface area contributed by atoms with Crippen LogP contribution in [0.3, 0.4) is 0 Å². The Labute approximate surface area is 161 Å². The third-order valence-electron chi connectivity index (χ3n) is 3.64. The quantitative estimate of drug-likeness (QED) is 0.731. The molecular formula is C20H18N2O6. The lowest BCUT2D eigenvalue weighted by atomic mass is 10.1. The number of rotatable bonds is 7. The van der Waals surface area contributed by atoms with E-state index in [-0.39, 0.29) is 23.4 Å². The van der Waals surface area contributed by atoms with Crippen molar-refractivity contribution in [1.82, 2.24) is 0 Å². The maximum Gasteiger partial charge on any atom is 0.337 e. The Hall–Kier alpha value is -3.86. The van der Waals surface area contributed by atoms with E-state index < -0.39 is 17.8 Å². The molecular weight excluding hydrogens is 364 g/mol. The molecule has 0 atom stereocenters. The Bertz CT molecular complexity index is 881. The molecule has 0 aromatic heterocycles. The van der Waals surface area contributed by atoms with Crippen molar-refractivity contribution in [3.63, 3.8) is 0 Å². The summed E-state index contributed by atoms with van der Waals surface area (Å²) < 4.78 is 14.7. The van der Waals surface area contributed by atoms with Gasteiger partial charge in [0.15, 0.2) is 6.61 Å². The second kappa shape index (κ2) is 9.73. The summed E-state index contributed by atoms with van der Waals surface area (Å²) in [4.78, 5) is 35.7. The van der Waals surface area contributed by atoms with Crippen molar-refractivity contribution in [3.8, 4) is 11.8 Å². The predicted molar refractivity (Wildman–Crippen MR) is 99.0 cm³/mol. The SMILES string of the molecule is COC(=O)c1cc(NC(=O)COc2ccc(CC#N)cc2)cc(C(=O)OC)c1. The Morgan fingerprint density at radius 1 is 0.964 bits per heavy atom. The monoisotopic (exact) mass is 382 g/mol. The molecule has 2 aromatic carbocycles. The first kappa shape index (κ1) is 20.5. The summed E-state index contributed by atoms with van der Waals surface area (Å²) in [5.74, 6) is -1.33. The normalized spacial score (nSPS) is 9.75. The number of anilines is 1. The van der Waals surface area contributed by atoms with E-state index in [1.165, 1.54) is 32.4 Å². The standard InChI is InChI=1S/C20H18N2O6/c1-26-19(24)14-9-15(20(25)27-2)11-16(10-14)22-18(23)12-28-17-5-3-13(4-6-17)7-8-21/h3-6,9-11H,7,12H2,1-2H3,(H,22,23). The Balaban J connectivity index is 2.06. The third-order valence-corrected chi connectivity index (χ3v) is 3.64. The predicted octanol–water partition coefficient (Wildman–Crippen LogP) is 2.34. The molecule has 8 heteroatoms. The molecule has 1 amide bonds. The number of hydrogen-bond donors (Lipinski definition) is 1. The van der Waals surface area contributed by atoms with E-state index in [1.807, 2.05) is 6.07 Å². The highest BCUT2D eigenvalue weighted by atomic mass is 16.5. The second-order valence-corrected chi connectivity index (χ2v) is 5.60. The van der Waals surface area contributed by atoms with Crippen LogP contribution in [-0.4, -0.2) is 38.7 Å². The molecule has 0 aliphatic carbocycles. The largest absolute Gasteiger partial charge is 0.484 e. The molecule has 0 saturated carbocycles. The molecule has 0 unspecified atom stereocenters. The van der Waals surface area contributed by atoms with Gasteiger partial charge in [-0.05, 0) is 35.9 Å². The molecule has 0 fully saturated rings. The van der Waals surface area contributed by atoms with Crippen LogP contribution in [0.4, 0.5) is 5.69 Å². The van der Waals surface area contributed by atoms with Crippen LogP contribution in [0.5, 0.6) is 5.75 Å². The first-order chi connectivity index (χ1) is 13.5. The summed E-state index contributed by atoms with van der Waals surface area (Å²) in [7, 11) is 2.42. The van der Waals surface area contributed by atoms with Gasteiger partial charge in [-0.25, -0.2) is 9.59 Å². The highest BCUT2D eigenvalue weighted by molar-refractivity contribution is 5.99. The molecule has 0 aliphatic rings. The average Bonchev–Trinajstić information content (AvgIpc) is 2.72. The number of nitrogens with one attached hydrogen (secondary N) is 1. The van der Waals surface area contributed by atoms with E-state index in [0.717, 1.165) is 5.56 Å². The Kier molecular flexibility index (Phi) is 7.11. The van der Waals surface area contributed by atoms with E-state index >= 15 is 0 Å². The van der Waals surface area contributed by atoms with Gasteiger partial charge in [0.2, 0.25) is 0 Å². The van der Waals surface area contributed by atoms with Crippen LogP contribution < -0.4 is 10.1 Å². The van der Waals surface area contributed by atoms with Crippen LogP contribution in [0.15, 0.2) is 42.5 Å². The van der Waals surface area contributed by atoms with Crippen LogP contribution in [-0.2, 0) is 20.7 Å². The molecule has 8 nitrogen and oxygen atoms in total. The maximum absolute atomic E-state index is 12.1. The average molecular weight is 382 g/mol. The van der Waals surface area contributed by atoms with Crippen molar-refractivity contribution in [2.75, 3.05) is 26.1 Å². The van der Waals surface area contributed by atoms with Gasteiger partial charge < -0.3 is 19.5 Å². The van der Waals surface area contributed by atoms with Gasteiger partial charge in [-0.3, -0.25) is 4.79 Å².